The molecule has 7 nitrogen and oxygen atoms in total. The Morgan fingerprint density at radius 2 is 2.00 bits per heavy atom. The van der Waals surface area contributed by atoms with Gasteiger partial charge in [0, 0.05) is 7.11 Å². The molecular formula is C10H18O7S. The van der Waals surface area contributed by atoms with Crippen LogP contribution in [0.3, 0.4) is 0 Å². The molecule has 0 radical (unpaired) electrons. The first-order valence-electron chi connectivity index (χ1n) is 5.60. The molecule has 0 aromatic heterocycles. The van der Waals surface area contributed by atoms with Crippen molar-refractivity contribution in [2.75, 3.05) is 20.0 Å². The fraction of sp³-hybridized carbons (Fsp3) is 1.00. The van der Waals surface area contributed by atoms with Crippen molar-refractivity contribution in [3.63, 3.8) is 0 Å². The maximum absolute atomic E-state index is 11.3. The molecule has 0 aromatic rings. The molecule has 0 saturated carbocycles. The van der Waals surface area contributed by atoms with Crippen molar-refractivity contribution in [3.05, 3.63) is 0 Å². The van der Waals surface area contributed by atoms with Gasteiger partial charge in [0.05, 0.1) is 12.9 Å². The van der Waals surface area contributed by atoms with E-state index in [1.165, 1.54) is 7.11 Å². The first-order valence-corrected chi connectivity index (χ1v) is 7.42. The molecule has 0 aromatic carbocycles. The Morgan fingerprint density at radius 1 is 1.33 bits per heavy atom. The monoisotopic (exact) mass is 282 g/mol. The number of ether oxygens (including phenoxy) is 4. The molecule has 2 aliphatic rings. The van der Waals surface area contributed by atoms with E-state index in [0.29, 0.717) is 6.61 Å². The SMILES string of the molecule is COC1O[C@H]2COC(C)(C)O[C@H]2[C@@H]1OS(C)(=O)=O. The van der Waals surface area contributed by atoms with Crippen LogP contribution in [0.2, 0.25) is 0 Å². The Hall–Kier alpha value is -0.250. The molecule has 0 amide bonds. The van der Waals surface area contributed by atoms with E-state index in [9.17, 15) is 8.42 Å². The summed E-state index contributed by atoms with van der Waals surface area (Å²) < 4.78 is 49.2. The first-order chi connectivity index (χ1) is 8.22. The van der Waals surface area contributed by atoms with Gasteiger partial charge in [0.15, 0.2) is 18.2 Å². The molecule has 2 heterocycles. The van der Waals surface area contributed by atoms with Gasteiger partial charge in [-0.1, -0.05) is 0 Å². The molecule has 0 N–H and O–H groups in total. The van der Waals surface area contributed by atoms with Crippen LogP contribution >= 0.6 is 0 Å². The smallest absolute Gasteiger partial charge is 0.264 e. The molecule has 0 spiro atoms. The lowest BCUT2D eigenvalue weighted by atomic mass is 10.1. The molecule has 18 heavy (non-hydrogen) atoms. The number of hydrogen-bond donors (Lipinski definition) is 0. The minimum absolute atomic E-state index is 0.307. The Bertz CT molecular complexity index is 404. The van der Waals surface area contributed by atoms with Crippen LogP contribution in [0.15, 0.2) is 0 Å². The van der Waals surface area contributed by atoms with E-state index >= 15 is 0 Å². The molecule has 2 saturated heterocycles. The topological polar surface area (TPSA) is 80.3 Å². The van der Waals surface area contributed by atoms with E-state index in [2.05, 4.69) is 0 Å². The zero-order valence-corrected chi connectivity index (χ0v) is 11.6. The normalized spacial score (nSPS) is 39.6. The summed E-state index contributed by atoms with van der Waals surface area (Å²) >= 11 is 0. The summed E-state index contributed by atoms with van der Waals surface area (Å²) in [5, 5.41) is 0. The van der Waals surface area contributed by atoms with Crippen molar-refractivity contribution in [1.82, 2.24) is 0 Å². The molecule has 2 rings (SSSR count). The predicted molar refractivity (Wildman–Crippen MR) is 60.3 cm³/mol. The molecule has 2 fully saturated rings. The van der Waals surface area contributed by atoms with Crippen LogP contribution in [0, 0.1) is 0 Å². The minimum atomic E-state index is -3.62. The molecular weight excluding hydrogens is 264 g/mol. The standard InChI is InChI=1S/C10H18O7S/c1-10(2)14-5-6-7(16-10)8(9(13-3)15-6)17-18(4,11)12/h6-9H,5H2,1-4H3/t6-,7+,8-,9?/m0/s1. The van der Waals surface area contributed by atoms with Crippen molar-refractivity contribution >= 4 is 10.1 Å². The summed E-state index contributed by atoms with van der Waals surface area (Å²) in [6, 6.07) is 0. The summed E-state index contributed by atoms with van der Waals surface area (Å²) in [4.78, 5) is 0. The van der Waals surface area contributed by atoms with Gasteiger partial charge in [-0.15, -0.1) is 0 Å². The third kappa shape index (κ3) is 3.01. The lowest BCUT2D eigenvalue weighted by molar-refractivity contribution is -0.299. The van der Waals surface area contributed by atoms with E-state index in [1.807, 2.05) is 0 Å². The Balaban J connectivity index is 2.18. The van der Waals surface area contributed by atoms with Gasteiger partial charge in [-0.2, -0.15) is 8.42 Å². The Morgan fingerprint density at radius 3 is 2.56 bits per heavy atom. The van der Waals surface area contributed by atoms with E-state index in [1.54, 1.807) is 13.8 Å². The van der Waals surface area contributed by atoms with E-state index < -0.39 is 40.5 Å². The third-order valence-corrected chi connectivity index (χ3v) is 3.37. The van der Waals surface area contributed by atoms with Crippen LogP contribution in [0.25, 0.3) is 0 Å². The average molecular weight is 282 g/mol. The Labute approximate surface area is 106 Å². The molecule has 8 heteroatoms. The minimum Gasteiger partial charge on any atom is -0.353 e. The van der Waals surface area contributed by atoms with Crippen molar-refractivity contribution in [2.45, 2.75) is 44.2 Å². The summed E-state index contributed by atoms with van der Waals surface area (Å²) in [5.41, 5.74) is 0. The van der Waals surface area contributed by atoms with Crippen LogP contribution in [0.1, 0.15) is 13.8 Å². The molecule has 0 bridgehead atoms. The highest BCUT2D eigenvalue weighted by Crippen LogP contribution is 2.35. The van der Waals surface area contributed by atoms with Crippen LogP contribution in [0.4, 0.5) is 0 Å². The summed E-state index contributed by atoms with van der Waals surface area (Å²) in [7, 11) is -2.20. The maximum Gasteiger partial charge on any atom is 0.264 e. The van der Waals surface area contributed by atoms with Crippen LogP contribution < -0.4 is 0 Å². The zero-order chi connectivity index (χ0) is 13.6. The highest BCUT2D eigenvalue weighted by Gasteiger charge is 2.53. The molecule has 106 valence electrons. The van der Waals surface area contributed by atoms with E-state index in [4.69, 9.17) is 23.1 Å². The van der Waals surface area contributed by atoms with Crippen LogP contribution in [0.5, 0.6) is 0 Å². The molecule has 2 aliphatic heterocycles. The van der Waals surface area contributed by atoms with Gasteiger partial charge < -0.3 is 18.9 Å². The van der Waals surface area contributed by atoms with Gasteiger partial charge in [-0.3, -0.25) is 4.18 Å². The van der Waals surface area contributed by atoms with Crippen molar-refractivity contribution in [2.24, 2.45) is 0 Å². The van der Waals surface area contributed by atoms with Gasteiger partial charge in [0.25, 0.3) is 10.1 Å². The Kier molecular flexibility index (Phi) is 3.69. The maximum atomic E-state index is 11.3. The van der Waals surface area contributed by atoms with Crippen molar-refractivity contribution < 1.29 is 31.5 Å². The lowest BCUT2D eigenvalue weighted by Gasteiger charge is -2.38. The second-order valence-corrected chi connectivity index (χ2v) is 6.44. The van der Waals surface area contributed by atoms with Gasteiger partial charge in [0.1, 0.15) is 12.2 Å². The fourth-order valence-corrected chi connectivity index (χ4v) is 2.71. The van der Waals surface area contributed by atoms with Crippen LogP contribution in [-0.4, -0.2) is 58.8 Å². The number of hydrogen-bond acceptors (Lipinski definition) is 7. The highest BCUT2D eigenvalue weighted by molar-refractivity contribution is 7.86. The van der Waals surface area contributed by atoms with Gasteiger partial charge >= 0.3 is 0 Å². The van der Waals surface area contributed by atoms with Crippen LogP contribution in [-0.2, 0) is 33.2 Å². The number of fused-ring (bicyclic) bond motifs is 1. The quantitative estimate of drug-likeness (QED) is 0.666. The highest BCUT2D eigenvalue weighted by atomic mass is 32.2. The van der Waals surface area contributed by atoms with Crippen molar-refractivity contribution in [3.8, 4) is 0 Å². The van der Waals surface area contributed by atoms with E-state index in [-0.39, 0.29) is 0 Å². The molecule has 0 aliphatic carbocycles. The number of rotatable bonds is 3. The lowest BCUT2D eigenvalue weighted by Crippen LogP contribution is -2.51. The predicted octanol–water partition coefficient (Wildman–Crippen LogP) is -0.146. The second kappa shape index (κ2) is 4.69. The largest absolute Gasteiger partial charge is 0.353 e. The summed E-state index contributed by atoms with van der Waals surface area (Å²) in [5.74, 6) is -0.799. The van der Waals surface area contributed by atoms with Gasteiger partial charge in [-0.05, 0) is 13.8 Å². The fourth-order valence-electron chi connectivity index (χ4n) is 2.11. The number of methoxy groups -OCH3 is 1. The first kappa shape index (κ1) is 14.2. The van der Waals surface area contributed by atoms with Crippen molar-refractivity contribution in [1.29, 1.82) is 0 Å². The van der Waals surface area contributed by atoms with E-state index in [0.717, 1.165) is 6.26 Å². The van der Waals surface area contributed by atoms with Gasteiger partial charge in [-0.25, -0.2) is 0 Å². The third-order valence-electron chi connectivity index (χ3n) is 2.80. The second-order valence-electron chi connectivity index (χ2n) is 4.84. The average Bonchev–Trinajstić information content (AvgIpc) is 2.53. The molecule has 1 unspecified atom stereocenters. The summed E-state index contributed by atoms with van der Waals surface area (Å²) in [6.45, 7) is 3.81. The zero-order valence-electron chi connectivity index (χ0n) is 10.8. The molecule has 4 atom stereocenters. The summed E-state index contributed by atoms with van der Waals surface area (Å²) in [6.07, 6.45) is -1.55. The van der Waals surface area contributed by atoms with Gasteiger partial charge in [0.2, 0.25) is 0 Å².